The molecule has 10 aromatic rings. The van der Waals surface area contributed by atoms with Gasteiger partial charge in [-0.25, -0.2) is 9.97 Å². The number of benzene rings is 7. The standard InChI is InChI=1S/C50H33N3S/c1-3-11-32(12-4-1)33-19-23-35(24-20-33)49-40-16-7-9-17-44(40)51-50(52-49)36-25-21-34(22-26-36)37-27-28-45-41(29-37)42-30-43-39-15-8-10-18-47(39)54-48(43)31-46(42)53(45)38-13-5-2-6-14-38/h1,3-5,7-31H,2,6H2. The van der Waals surface area contributed by atoms with Crippen LogP contribution >= 0.6 is 11.3 Å². The van der Waals surface area contributed by atoms with E-state index in [1.54, 1.807) is 0 Å². The molecule has 0 unspecified atom stereocenters. The summed E-state index contributed by atoms with van der Waals surface area (Å²) in [5.41, 5.74) is 12.4. The van der Waals surface area contributed by atoms with Crippen LogP contribution in [0.2, 0.25) is 0 Å². The molecule has 0 N–H and O–H groups in total. The number of hydrogen-bond acceptors (Lipinski definition) is 3. The first-order valence-electron chi connectivity index (χ1n) is 18.6. The Morgan fingerprint density at radius 2 is 1.11 bits per heavy atom. The highest BCUT2D eigenvalue weighted by Gasteiger charge is 2.18. The third-order valence-corrected chi connectivity index (χ3v) is 12.0. The topological polar surface area (TPSA) is 30.7 Å². The van der Waals surface area contributed by atoms with Crippen molar-refractivity contribution >= 4 is 69.9 Å². The van der Waals surface area contributed by atoms with Gasteiger partial charge >= 0.3 is 0 Å². The van der Waals surface area contributed by atoms with E-state index in [0.29, 0.717) is 0 Å². The molecule has 0 amide bonds. The van der Waals surface area contributed by atoms with Gasteiger partial charge in [0.2, 0.25) is 0 Å². The number of aromatic nitrogens is 3. The Morgan fingerprint density at radius 1 is 0.444 bits per heavy atom. The van der Waals surface area contributed by atoms with Crippen LogP contribution in [0, 0.1) is 0 Å². The average Bonchev–Trinajstić information content (AvgIpc) is 3.77. The molecule has 0 saturated carbocycles. The lowest BCUT2D eigenvalue weighted by molar-refractivity contribution is 1.02. The second-order valence-electron chi connectivity index (χ2n) is 14.1. The van der Waals surface area contributed by atoms with Crippen LogP contribution in [0.4, 0.5) is 0 Å². The fourth-order valence-corrected chi connectivity index (χ4v) is 9.27. The van der Waals surface area contributed by atoms with Gasteiger partial charge in [0.25, 0.3) is 0 Å². The van der Waals surface area contributed by atoms with Crippen LogP contribution in [-0.4, -0.2) is 14.5 Å². The summed E-state index contributed by atoms with van der Waals surface area (Å²) < 4.78 is 5.12. The molecular formula is C50H33N3S. The van der Waals surface area contributed by atoms with Crippen LogP contribution in [0.1, 0.15) is 12.8 Å². The molecule has 0 bridgehead atoms. The lowest BCUT2D eigenvalue weighted by atomic mass is 10.00. The van der Waals surface area contributed by atoms with Crippen molar-refractivity contribution in [1.82, 2.24) is 14.5 Å². The molecule has 0 radical (unpaired) electrons. The SMILES string of the molecule is C1=CC(n2c3ccc(-c4ccc(-c5nc(-c6ccc(-c7ccccc7)cc6)c6ccccc6n5)cc4)cc3c3cc4c(cc32)sc2ccccc24)=CCC1. The van der Waals surface area contributed by atoms with Gasteiger partial charge in [-0.2, -0.15) is 0 Å². The Labute approximate surface area is 316 Å². The number of nitrogens with zero attached hydrogens (tertiary/aromatic N) is 3. The maximum absolute atomic E-state index is 5.19. The fourth-order valence-electron chi connectivity index (χ4n) is 8.15. The second kappa shape index (κ2) is 12.5. The Kier molecular flexibility index (Phi) is 7.17. The molecule has 0 aliphatic heterocycles. The normalized spacial score (nSPS) is 13.1. The Bertz CT molecular complexity index is 3130. The quantitative estimate of drug-likeness (QED) is 0.178. The van der Waals surface area contributed by atoms with E-state index >= 15 is 0 Å². The van der Waals surface area contributed by atoms with Gasteiger partial charge in [-0.15, -0.1) is 11.3 Å². The molecule has 254 valence electrons. The minimum Gasteiger partial charge on any atom is -0.310 e. The summed E-state index contributed by atoms with van der Waals surface area (Å²) in [4.78, 5) is 10.2. The van der Waals surface area contributed by atoms with Gasteiger partial charge in [-0.3, -0.25) is 0 Å². The van der Waals surface area contributed by atoms with E-state index in [-0.39, 0.29) is 0 Å². The van der Waals surface area contributed by atoms with E-state index in [2.05, 4.69) is 168 Å². The average molecular weight is 708 g/mol. The van der Waals surface area contributed by atoms with E-state index in [4.69, 9.17) is 9.97 Å². The molecular weight excluding hydrogens is 675 g/mol. The molecule has 0 atom stereocenters. The molecule has 0 fully saturated rings. The van der Waals surface area contributed by atoms with Crippen LogP contribution in [0.3, 0.4) is 0 Å². The molecule has 1 aliphatic rings. The van der Waals surface area contributed by atoms with Gasteiger partial charge in [0, 0.05) is 53.2 Å². The van der Waals surface area contributed by atoms with Crippen LogP contribution in [0.5, 0.6) is 0 Å². The van der Waals surface area contributed by atoms with E-state index in [1.807, 2.05) is 23.5 Å². The summed E-state index contributed by atoms with van der Waals surface area (Å²) in [6.07, 6.45) is 9.11. The monoisotopic (exact) mass is 707 g/mol. The summed E-state index contributed by atoms with van der Waals surface area (Å²) in [6.45, 7) is 0. The van der Waals surface area contributed by atoms with Gasteiger partial charge in [0.1, 0.15) is 0 Å². The number of fused-ring (bicyclic) bond motifs is 7. The molecule has 1 aliphatic carbocycles. The van der Waals surface area contributed by atoms with Crippen LogP contribution in [-0.2, 0) is 0 Å². The maximum Gasteiger partial charge on any atom is 0.160 e. The molecule has 3 nitrogen and oxygen atoms in total. The largest absolute Gasteiger partial charge is 0.310 e. The molecule has 7 aromatic carbocycles. The summed E-state index contributed by atoms with van der Waals surface area (Å²) in [5.74, 6) is 0.724. The highest BCUT2D eigenvalue weighted by molar-refractivity contribution is 7.25. The number of rotatable bonds is 5. The first kappa shape index (κ1) is 31.0. The zero-order valence-corrected chi connectivity index (χ0v) is 30.2. The van der Waals surface area contributed by atoms with Crippen molar-refractivity contribution in [2.75, 3.05) is 0 Å². The van der Waals surface area contributed by atoms with E-state index in [0.717, 1.165) is 52.0 Å². The Morgan fingerprint density at radius 3 is 1.93 bits per heavy atom. The van der Waals surface area contributed by atoms with Crippen molar-refractivity contribution in [2.24, 2.45) is 0 Å². The first-order valence-corrected chi connectivity index (χ1v) is 19.4. The molecule has 4 heteroatoms. The highest BCUT2D eigenvalue weighted by Crippen LogP contribution is 2.42. The summed E-state index contributed by atoms with van der Waals surface area (Å²) in [6, 6.07) is 56.8. The first-order chi connectivity index (χ1) is 26.7. The zero-order chi connectivity index (χ0) is 35.6. The number of allylic oxidation sites excluding steroid dienone is 4. The van der Waals surface area contributed by atoms with Crippen LogP contribution in [0.25, 0.3) is 103 Å². The van der Waals surface area contributed by atoms with Crippen molar-refractivity contribution in [1.29, 1.82) is 0 Å². The third-order valence-electron chi connectivity index (χ3n) is 10.8. The van der Waals surface area contributed by atoms with Gasteiger partial charge in [0.05, 0.1) is 22.2 Å². The van der Waals surface area contributed by atoms with Crippen molar-refractivity contribution in [3.05, 3.63) is 176 Å². The van der Waals surface area contributed by atoms with Crippen LogP contribution in [0.15, 0.2) is 176 Å². The summed E-state index contributed by atoms with van der Waals surface area (Å²) in [7, 11) is 0. The molecule has 3 aromatic heterocycles. The number of para-hydroxylation sites is 1. The summed E-state index contributed by atoms with van der Waals surface area (Å²) in [5, 5.41) is 6.25. The molecule has 0 saturated heterocycles. The smallest absolute Gasteiger partial charge is 0.160 e. The number of hydrogen-bond donors (Lipinski definition) is 0. The minimum atomic E-state index is 0.724. The molecule has 3 heterocycles. The number of thiophene rings is 1. The van der Waals surface area contributed by atoms with Gasteiger partial charge in [-0.05, 0) is 77.6 Å². The maximum atomic E-state index is 5.19. The summed E-state index contributed by atoms with van der Waals surface area (Å²) >= 11 is 1.88. The van der Waals surface area contributed by atoms with E-state index < -0.39 is 0 Å². The lowest BCUT2D eigenvalue weighted by Crippen LogP contribution is -1.97. The van der Waals surface area contributed by atoms with Crippen molar-refractivity contribution in [2.45, 2.75) is 12.8 Å². The predicted molar refractivity (Wildman–Crippen MR) is 230 cm³/mol. The molecule has 0 spiro atoms. The third kappa shape index (κ3) is 5.10. The predicted octanol–water partition coefficient (Wildman–Crippen LogP) is 14.0. The van der Waals surface area contributed by atoms with E-state index in [1.165, 1.54) is 64.4 Å². The fraction of sp³-hybridized carbons (Fsp3) is 0.0400. The second-order valence-corrected chi connectivity index (χ2v) is 15.2. The molecule has 11 rings (SSSR count). The Balaban J connectivity index is 1.00. The zero-order valence-electron chi connectivity index (χ0n) is 29.4. The van der Waals surface area contributed by atoms with Gasteiger partial charge in [-0.1, -0.05) is 133 Å². The lowest BCUT2D eigenvalue weighted by Gasteiger charge is -2.12. The Hall–Kier alpha value is -6.62. The highest BCUT2D eigenvalue weighted by atomic mass is 32.1. The van der Waals surface area contributed by atoms with Crippen molar-refractivity contribution in [3.8, 4) is 44.9 Å². The van der Waals surface area contributed by atoms with Gasteiger partial charge in [0.15, 0.2) is 5.82 Å². The van der Waals surface area contributed by atoms with E-state index in [9.17, 15) is 0 Å². The van der Waals surface area contributed by atoms with Crippen molar-refractivity contribution in [3.63, 3.8) is 0 Å². The van der Waals surface area contributed by atoms with Crippen molar-refractivity contribution < 1.29 is 0 Å². The van der Waals surface area contributed by atoms with Gasteiger partial charge < -0.3 is 4.57 Å². The minimum absolute atomic E-state index is 0.724. The molecule has 54 heavy (non-hydrogen) atoms. The van der Waals surface area contributed by atoms with Crippen LogP contribution < -0.4 is 0 Å².